The maximum absolute atomic E-state index is 8.76. The molecule has 0 bridgehead atoms. The van der Waals surface area contributed by atoms with Crippen molar-refractivity contribution in [3.63, 3.8) is 0 Å². The van der Waals surface area contributed by atoms with E-state index in [0.29, 0.717) is 6.42 Å². The minimum atomic E-state index is -0.225. The van der Waals surface area contributed by atoms with Gasteiger partial charge >= 0.3 is 0 Å². The van der Waals surface area contributed by atoms with E-state index in [1.807, 2.05) is 6.92 Å². The molecule has 0 heterocycles. The molecular weight excluding hydrogens is 88.1 g/mol. The molecule has 1 heteroatoms. The summed E-state index contributed by atoms with van der Waals surface area (Å²) in [5.41, 5.74) is 0. The van der Waals surface area contributed by atoms with E-state index < -0.39 is 0 Å². The topological polar surface area (TPSA) is 20.2 Å². The molecule has 0 aromatic carbocycles. The predicted octanol–water partition coefficient (Wildman–Crippen LogP) is 1.14. The summed E-state index contributed by atoms with van der Waals surface area (Å²) in [5.74, 6) is 0. The maximum atomic E-state index is 8.76. The Bertz CT molecular complexity index is 50.1. The summed E-state index contributed by atoms with van der Waals surface area (Å²) in [4.78, 5) is 0. The van der Waals surface area contributed by atoms with E-state index in [2.05, 4.69) is 12.7 Å². The third-order valence-electron chi connectivity index (χ3n) is 0.851. The fourth-order valence-electron chi connectivity index (χ4n) is 0.311. The van der Waals surface area contributed by atoms with E-state index in [1.54, 1.807) is 0 Å². The Kier molecular flexibility index (Phi) is 3.71. The molecule has 1 radical (unpaired) electrons. The van der Waals surface area contributed by atoms with Crippen molar-refractivity contribution in [1.82, 2.24) is 0 Å². The van der Waals surface area contributed by atoms with Crippen molar-refractivity contribution >= 4 is 0 Å². The second-order valence-electron chi connectivity index (χ2n) is 1.52. The third-order valence-corrected chi connectivity index (χ3v) is 0.851. The molecule has 1 atom stereocenters. The van der Waals surface area contributed by atoms with E-state index in [-0.39, 0.29) is 6.10 Å². The van der Waals surface area contributed by atoms with E-state index >= 15 is 0 Å². The smallest absolute Gasteiger partial charge is 0.0577 e. The zero-order valence-electron chi connectivity index (χ0n) is 4.65. The van der Waals surface area contributed by atoms with Crippen LogP contribution in [0.5, 0.6) is 0 Å². The van der Waals surface area contributed by atoms with Crippen molar-refractivity contribution in [2.75, 3.05) is 0 Å². The van der Waals surface area contributed by atoms with Gasteiger partial charge < -0.3 is 5.11 Å². The first-order valence-electron chi connectivity index (χ1n) is 2.49. The summed E-state index contributed by atoms with van der Waals surface area (Å²) in [5, 5.41) is 8.76. The van der Waals surface area contributed by atoms with Crippen molar-refractivity contribution in [2.24, 2.45) is 0 Å². The van der Waals surface area contributed by atoms with Crippen LogP contribution in [-0.2, 0) is 0 Å². The first kappa shape index (κ1) is 6.70. The minimum Gasteiger partial charge on any atom is -0.393 e. The molecule has 0 saturated carbocycles. The number of hydrogen-bond donors (Lipinski definition) is 1. The highest BCUT2D eigenvalue weighted by Gasteiger charge is 1.93. The Balaban J connectivity index is 2.98. The van der Waals surface area contributed by atoms with Crippen molar-refractivity contribution in [3.05, 3.63) is 12.7 Å². The van der Waals surface area contributed by atoms with Crippen molar-refractivity contribution < 1.29 is 5.11 Å². The molecule has 0 aliphatic rings. The van der Waals surface area contributed by atoms with Crippen LogP contribution < -0.4 is 0 Å². The number of aliphatic hydroxyl groups is 1. The molecule has 0 aromatic heterocycles. The van der Waals surface area contributed by atoms with Gasteiger partial charge in [-0.3, -0.25) is 0 Å². The minimum absolute atomic E-state index is 0.225. The van der Waals surface area contributed by atoms with E-state index in [4.69, 9.17) is 5.11 Å². The molecular formula is C6H11O. The fourth-order valence-corrected chi connectivity index (χ4v) is 0.311. The van der Waals surface area contributed by atoms with Gasteiger partial charge in [-0.05, 0) is 18.9 Å². The zero-order chi connectivity index (χ0) is 5.70. The average Bonchev–Trinajstić information content (AvgIpc) is 1.68. The molecule has 0 spiro atoms. The van der Waals surface area contributed by atoms with Gasteiger partial charge in [0.05, 0.1) is 6.10 Å². The van der Waals surface area contributed by atoms with Crippen LogP contribution >= 0.6 is 0 Å². The lowest BCUT2D eigenvalue weighted by Crippen LogP contribution is -2.00. The second kappa shape index (κ2) is 3.88. The molecule has 0 aliphatic carbocycles. The van der Waals surface area contributed by atoms with E-state index in [1.165, 1.54) is 0 Å². The summed E-state index contributed by atoms with van der Waals surface area (Å²) in [6.45, 7) is 5.30. The molecule has 0 rings (SSSR count). The molecule has 41 valence electrons. The Morgan fingerprint density at radius 3 is 2.57 bits per heavy atom. The quantitative estimate of drug-likeness (QED) is 0.562. The van der Waals surface area contributed by atoms with Crippen LogP contribution in [0.3, 0.4) is 0 Å². The van der Waals surface area contributed by atoms with Gasteiger partial charge in [-0.2, -0.15) is 0 Å². The molecule has 0 fully saturated rings. The molecule has 0 aliphatic heterocycles. The third kappa shape index (κ3) is 3.53. The summed E-state index contributed by atoms with van der Waals surface area (Å²) in [6.07, 6.45) is 3.78. The number of hydrogen-bond acceptors (Lipinski definition) is 1. The van der Waals surface area contributed by atoms with Gasteiger partial charge in [-0.15, -0.1) is 0 Å². The van der Waals surface area contributed by atoms with Crippen LogP contribution in [0.4, 0.5) is 0 Å². The lowest BCUT2D eigenvalue weighted by atomic mass is 10.2. The van der Waals surface area contributed by atoms with Crippen LogP contribution in [-0.4, -0.2) is 11.2 Å². The van der Waals surface area contributed by atoms with Crippen LogP contribution in [0.1, 0.15) is 19.8 Å². The molecule has 0 aromatic rings. The molecule has 1 N–H and O–H groups in total. The monoisotopic (exact) mass is 99.1 g/mol. The van der Waals surface area contributed by atoms with E-state index in [0.717, 1.165) is 6.42 Å². The van der Waals surface area contributed by atoms with Crippen LogP contribution in [0.25, 0.3) is 0 Å². The normalized spacial score (nSPS) is 13.4. The predicted molar refractivity (Wildman–Crippen MR) is 29.8 cm³/mol. The van der Waals surface area contributed by atoms with Crippen molar-refractivity contribution in [1.29, 1.82) is 0 Å². The maximum Gasteiger partial charge on any atom is 0.0577 e. The standard InChI is InChI=1S/C6H11O/c1-3-5-6(7)4-2/h6-7H,1,4-5H2,2H3. The van der Waals surface area contributed by atoms with Gasteiger partial charge in [0.1, 0.15) is 0 Å². The average molecular weight is 99.2 g/mol. The van der Waals surface area contributed by atoms with Crippen molar-refractivity contribution in [3.8, 4) is 0 Å². The number of rotatable bonds is 3. The first-order chi connectivity index (χ1) is 3.31. The highest BCUT2D eigenvalue weighted by Crippen LogP contribution is 1.93. The van der Waals surface area contributed by atoms with Gasteiger partial charge in [0.15, 0.2) is 0 Å². The van der Waals surface area contributed by atoms with Gasteiger partial charge in [0, 0.05) is 0 Å². The number of aliphatic hydroxyl groups excluding tert-OH is 1. The fraction of sp³-hybridized carbons (Fsp3) is 0.667. The highest BCUT2D eigenvalue weighted by atomic mass is 16.3. The lowest BCUT2D eigenvalue weighted by Gasteiger charge is -1.99. The molecule has 1 unspecified atom stereocenters. The van der Waals surface area contributed by atoms with Crippen LogP contribution in [0.2, 0.25) is 0 Å². The van der Waals surface area contributed by atoms with Crippen LogP contribution in [0.15, 0.2) is 6.58 Å². The van der Waals surface area contributed by atoms with Gasteiger partial charge in [0.2, 0.25) is 0 Å². The summed E-state index contributed by atoms with van der Waals surface area (Å²) >= 11 is 0. The SMILES string of the molecule is C=[C]CC(O)CC. The second-order valence-corrected chi connectivity index (χ2v) is 1.52. The Labute approximate surface area is 44.7 Å². The summed E-state index contributed by atoms with van der Waals surface area (Å²) < 4.78 is 0. The van der Waals surface area contributed by atoms with Gasteiger partial charge in [-0.25, -0.2) is 0 Å². The lowest BCUT2D eigenvalue weighted by molar-refractivity contribution is 0.172. The van der Waals surface area contributed by atoms with Crippen molar-refractivity contribution in [2.45, 2.75) is 25.9 Å². The Hall–Kier alpha value is -0.300. The molecule has 0 amide bonds. The largest absolute Gasteiger partial charge is 0.393 e. The Morgan fingerprint density at radius 1 is 1.86 bits per heavy atom. The zero-order valence-corrected chi connectivity index (χ0v) is 4.65. The molecule has 0 saturated heterocycles. The van der Waals surface area contributed by atoms with Gasteiger partial charge in [0.25, 0.3) is 0 Å². The first-order valence-corrected chi connectivity index (χ1v) is 2.49. The molecule has 1 nitrogen and oxygen atoms in total. The summed E-state index contributed by atoms with van der Waals surface area (Å²) in [6, 6.07) is 0. The van der Waals surface area contributed by atoms with Gasteiger partial charge in [-0.1, -0.05) is 13.5 Å². The summed E-state index contributed by atoms with van der Waals surface area (Å²) in [7, 11) is 0. The highest BCUT2D eigenvalue weighted by molar-refractivity contribution is 4.61. The molecule has 7 heavy (non-hydrogen) atoms. The van der Waals surface area contributed by atoms with Crippen LogP contribution in [0, 0.1) is 6.08 Å². The Morgan fingerprint density at radius 2 is 2.43 bits per heavy atom. The van der Waals surface area contributed by atoms with E-state index in [9.17, 15) is 0 Å².